The van der Waals surface area contributed by atoms with Crippen molar-refractivity contribution in [1.29, 1.82) is 0 Å². The van der Waals surface area contributed by atoms with Crippen LogP contribution in [0.5, 0.6) is 5.75 Å². The molecule has 0 saturated heterocycles. The normalized spacial score (nSPS) is 10.0. The SMILES string of the molecule is CCOC(=O)c1ccc(NCc2ccc(OC)cc2)cc1. The van der Waals surface area contributed by atoms with Crippen molar-refractivity contribution in [3.63, 3.8) is 0 Å². The highest BCUT2D eigenvalue weighted by atomic mass is 16.5. The lowest BCUT2D eigenvalue weighted by molar-refractivity contribution is 0.0526. The molecule has 0 amide bonds. The minimum Gasteiger partial charge on any atom is -0.497 e. The van der Waals surface area contributed by atoms with Gasteiger partial charge < -0.3 is 14.8 Å². The minimum absolute atomic E-state index is 0.292. The first-order valence-electron chi connectivity index (χ1n) is 6.87. The van der Waals surface area contributed by atoms with Crippen LogP contribution in [-0.2, 0) is 11.3 Å². The molecule has 0 fully saturated rings. The number of carbonyl (C=O) groups is 1. The number of benzene rings is 2. The van der Waals surface area contributed by atoms with Gasteiger partial charge in [-0.15, -0.1) is 0 Å². The van der Waals surface area contributed by atoms with Crippen molar-refractivity contribution < 1.29 is 14.3 Å². The largest absolute Gasteiger partial charge is 0.497 e. The van der Waals surface area contributed by atoms with Gasteiger partial charge in [0.25, 0.3) is 0 Å². The van der Waals surface area contributed by atoms with Gasteiger partial charge in [-0.2, -0.15) is 0 Å². The molecular weight excluding hydrogens is 266 g/mol. The number of nitrogens with one attached hydrogen (secondary N) is 1. The average Bonchev–Trinajstić information content (AvgIpc) is 2.54. The molecule has 2 aromatic carbocycles. The molecule has 0 aliphatic rings. The van der Waals surface area contributed by atoms with Gasteiger partial charge in [-0.1, -0.05) is 12.1 Å². The summed E-state index contributed by atoms with van der Waals surface area (Å²) in [5.41, 5.74) is 2.68. The molecule has 4 nitrogen and oxygen atoms in total. The number of anilines is 1. The second-order valence-corrected chi connectivity index (χ2v) is 4.50. The lowest BCUT2D eigenvalue weighted by Gasteiger charge is -2.08. The predicted octanol–water partition coefficient (Wildman–Crippen LogP) is 3.48. The molecule has 110 valence electrons. The molecule has 2 aromatic rings. The number of hydrogen-bond donors (Lipinski definition) is 1. The monoisotopic (exact) mass is 285 g/mol. The van der Waals surface area contributed by atoms with E-state index < -0.39 is 0 Å². The Morgan fingerprint density at radius 1 is 1.05 bits per heavy atom. The summed E-state index contributed by atoms with van der Waals surface area (Å²) < 4.78 is 10.1. The quantitative estimate of drug-likeness (QED) is 0.825. The summed E-state index contributed by atoms with van der Waals surface area (Å²) in [6.45, 7) is 2.89. The summed E-state index contributed by atoms with van der Waals surface area (Å²) in [6, 6.07) is 15.1. The van der Waals surface area contributed by atoms with Gasteiger partial charge in [0.2, 0.25) is 0 Å². The van der Waals surface area contributed by atoms with Crippen molar-refractivity contribution >= 4 is 11.7 Å². The van der Waals surface area contributed by atoms with E-state index in [1.54, 1.807) is 26.2 Å². The van der Waals surface area contributed by atoms with Gasteiger partial charge in [-0.3, -0.25) is 0 Å². The smallest absolute Gasteiger partial charge is 0.338 e. The number of esters is 1. The van der Waals surface area contributed by atoms with E-state index in [-0.39, 0.29) is 5.97 Å². The molecule has 0 aromatic heterocycles. The van der Waals surface area contributed by atoms with E-state index in [9.17, 15) is 4.79 Å². The Hall–Kier alpha value is -2.49. The molecular formula is C17H19NO3. The molecule has 0 heterocycles. The predicted molar refractivity (Wildman–Crippen MR) is 82.7 cm³/mol. The Labute approximate surface area is 124 Å². The van der Waals surface area contributed by atoms with Gasteiger partial charge in [0.15, 0.2) is 0 Å². The first kappa shape index (κ1) is 14.9. The van der Waals surface area contributed by atoms with Gasteiger partial charge in [0, 0.05) is 12.2 Å². The first-order valence-corrected chi connectivity index (χ1v) is 6.87. The van der Waals surface area contributed by atoms with Crippen LogP contribution in [-0.4, -0.2) is 19.7 Å². The zero-order valence-corrected chi connectivity index (χ0v) is 12.3. The van der Waals surface area contributed by atoms with Gasteiger partial charge in [0.05, 0.1) is 19.3 Å². The highest BCUT2D eigenvalue weighted by molar-refractivity contribution is 5.89. The van der Waals surface area contributed by atoms with Crippen LogP contribution >= 0.6 is 0 Å². The summed E-state index contributed by atoms with van der Waals surface area (Å²) >= 11 is 0. The van der Waals surface area contributed by atoms with Crippen LogP contribution in [0.1, 0.15) is 22.8 Å². The second-order valence-electron chi connectivity index (χ2n) is 4.50. The summed E-state index contributed by atoms with van der Waals surface area (Å²) in [5, 5.41) is 3.30. The summed E-state index contributed by atoms with van der Waals surface area (Å²) in [6.07, 6.45) is 0. The van der Waals surface area contributed by atoms with Crippen LogP contribution in [0.15, 0.2) is 48.5 Å². The van der Waals surface area contributed by atoms with Crippen LogP contribution in [0.25, 0.3) is 0 Å². The van der Waals surface area contributed by atoms with Crippen molar-refractivity contribution in [1.82, 2.24) is 0 Å². The minimum atomic E-state index is -0.292. The Morgan fingerprint density at radius 2 is 1.71 bits per heavy atom. The topological polar surface area (TPSA) is 47.6 Å². The third kappa shape index (κ3) is 4.24. The Balaban J connectivity index is 1.92. The Bertz CT molecular complexity index is 576. The third-order valence-corrected chi connectivity index (χ3v) is 3.05. The van der Waals surface area contributed by atoms with Crippen molar-refractivity contribution in [2.45, 2.75) is 13.5 Å². The van der Waals surface area contributed by atoms with Crippen molar-refractivity contribution in [2.24, 2.45) is 0 Å². The summed E-state index contributed by atoms with van der Waals surface area (Å²) in [4.78, 5) is 11.5. The van der Waals surface area contributed by atoms with Crippen LogP contribution in [0.4, 0.5) is 5.69 Å². The van der Waals surface area contributed by atoms with Gasteiger partial charge in [-0.25, -0.2) is 4.79 Å². The van der Waals surface area contributed by atoms with E-state index in [2.05, 4.69) is 5.32 Å². The highest BCUT2D eigenvalue weighted by Gasteiger charge is 2.05. The number of carbonyl (C=O) groups excluding carboxylic acids is 1. The number of ether oxygens (including phenoxy) is 2. The van der Waals surface area contributed by atoms with E-state index in [1.807, 2.05) is 36.4 Å². The zero-order valence-electron chi connectivity index (χ0n) is 12.3. The molecule has 0 spiro atoms. The van der Waals surface area contributed by atoms with Crippen LogP contribution in [0, 0.1) is 0 Å². The standard InChI is InChI=1S/C17H19NO3/c1-3-21-17(19)14-6-8-15(9-7-14)18-12-13-4-10-16(20-2)11-5-13/h4-11,18H,3,12H2,1-2H3. The van der Waals surface area contributed by atoms with Crippen LogP contribution in [0.2, 0.25) is 0 Å². The fourth-order valence-corrected chi connectivity index (χ4v) is 1.89. The molecule has 0 aliphatic heterocycles. The maximum atomic E-state index is 11.5. The molecule has 2 rings (SSSR count). The Kier molecular flexibility index (Phi) is 5.21. The average molecular weight is 285 g/mol. The molecule has 0 aliphatic carbocycles. The molecule has 0 unspecified atom stereocenters. The van der Waals surface area contributed by atoms with E-state index >= 15 is 0 Å². The van der Waals surface area contributed by atoms with Crippen molar-refractivity contribution in [3.8, 4) is 5.75 Å². The van der Waals surface area contributed by atoms with Crippen molar-refractivity contribution in [2.75, 3.05) is 19.0 Å². The lowest BCUT2D eigenvalue weighted by Crippen LogP contribution is -2.05. The summed E-state index contributed by atoms with van der Waals surface area (Å²) in [5.74, 6) is 0.553. The van der Waals surface area contributed by atoms with E-state index in [0.717, 1.165) is 17.0 Å². The number of methoxy groups -OCH3 is 1. The van der Waals surface area contributed by atoms with Gasteiger partial charge >= 0.3 is 5.97 Å². The maximum Gasteiger partial charge on any atom is 0.338 e. The number of rotatable bonds is 6. The van der Waals surface area contributed by atoms with E-state index in [4.69, 9.17) is 9.47 Å². The fraction of sp³-hybridized carbons (Fsp3) is 0.235. The highest BCUT2D eigenvalue weighted by Crippen LogP contribution is 2.14. The van der Waals surface area contributed by atoms with Crippen LogP contribution in [0.3, 0.4) is 0 Å². The van der Waals surface area contributed by atoms with E-state index in [0.29, 0.717) is 18.7 Å². The molecule has 1 N–H and O–H groups in total. The van der Waals surface area contributed by atoms with Crippen LogP contribution < -0.4 is 10.1 Å². The first-order chi connectivity index (χ1) is 10.2. The fourth-order valence-electron chi connectivity index (χ4n) is 1.89. The van der Waals surface area contributed by atoms with Gasteiger partial charge in [0.1, 0.15) is 5.75 Å². The van der Waals surface area contributed by atoms with Crippen molar-refractivity contribution in [3.05, 3.63) is 59.7 Å². The number of hydrogen-bond acceptors (Lipinski definition) is 4. The van der Waals surface area contributed by atoms with Gasteiger partial charge in [-0.05, 0) is 48.9 Å². The lowest BCUT2D eigenvalue weighted by atomic mass is 10.2. The van der Waals surface area contributed by atoms with E-state index in [1.165, 1.54) is 0 Å². The zero-order chi connectivity index (χ0) is 15.1. The molecule has 0 bridgehead atoms. The summed E-state index contributed by atoms with van der Waals surface area (Å²) in [7, 11) is 1.65. The molecule has 21 heavy (non-hydrogen) atoms. The molecule has 0 saturated carbocycles. The molecule has 0 atom stereocenters. The maximum absolute atomic E-state index is 11.5. The third-order valence-electron chi connectivity index (χ3n) is 3.05. The molecule has 0 radical (unpaired) electrons. The second kappa shape index (κ2) is 7.33. The molecule has 4 heteroatoms. The Morgan fingerprint density at radius 3 is 2.29 bits per heavy atom.